The highest BCUT2D eigenvalue weighted by Gasteiger charge is 2.22. The summed E-state index contributed by atoms with van der Waals surface area (Å²) in [4.78, 5) is 15.6. The van der Waals surface area contributed by atoms with Gasteiger partial charge in [-0.3, -0.25) is 0 Å². The number of rotatable bonds is 5. The third-order valence-corrected chi connectivity index (χ3v) is 11.1. The van der Waals surface area contributed by atoms with Crippen molar-refractivity contribution >= 4 is 54.1 Å². The summed E-state index contributed by atoms with van der Waals surface area (Å²) in [6.45, 7) is 0. The van der Waals surface area contributed by atoms with Crippen LogP contribution in [0.3, 0.4) is 0 Å². The van der Waals surface area contributed by atoms with Gasteiger partial charge in [-0.15, -0.1) is 0 Å². The third-order valence-electron chi connectivity index (χ3n) is 11.1. The second-order valence-electron chi connectivity index (χ2n) is 14.4. The summed E-state index contributed by atoms with van der Waals surface area (Å²) < 4.78 is 2.44. The van der Waals surface area contributed by atoms with Crippen molar-refractivity contribution in [2.45, 2.75) is 12.3 Å². The highest BCUT2D eigenvalue weighted by atomic mass is 15.0. The van der Waals surface area contributed by atoms with Gasteiger partial charge in [-0.1, -0.05) is 152 Å². The summed E-state index contributed by atoms with van der Waals surface area (Å²) >= 11 is 0. The van der Waals surface area contributed by atoms with E-state index >= 15 is 0 Å². The fourth-order valence-electron chi connectivity index (χ4n) is 8.51. The highest BCUT2D eigenvalue weighted by Crippen LogP contribution is 2.41. The van der Waals surface area contributed by atoms with E-state index in [1.165, 1.54) is 38.1 Å². The van der Waals surface area contributed by atoms with Gasteiger partial charge in [0.2, 0.25) is 0 Å². The molecule has 0 fully saturated rings. The standard InChI is InChI=1S/C51H34N4/c1-2-15-35(16-3-1)40-22-12-24-47-48(40)44-21-10-11-23-45(44)55(47)46-30-29-43(41-19-8-9-20-42(41)46)51-53-49(38-27-25-33-13-4-6-17-36(33)31-38)52-50(54-51)39-28-26-34-14-5-7-18-37(34)32-39/h1-15,17-32,35H,16H2. The van der Waals surface area contributed by atoms with Crippen LogP contribution in [-0.2, 0) is 0 Å². The Morgan fingerprint density at radius 1 is 0.455 bits per heavy atom. The monoisotopic (exact) mass is 702 g/mol. The molecule has 2 heterocycles. The first-order valence-electron chi connectivity index (χ1n) is 18.9. The van der Waals surface area contributed by atoms with Crippen LogP contribution in [-0.4, -0.2) is 19.5 Å². The van der Waals surface area contributed by atoms with E-state index in [0.29, 0.717) is 23.4 Å². The number of aromatic nitrogens is 4. The van der Waals surface area contributed by atoms with E-state index < -0.39 is 0 Å². The second kappa shape index (κ2) is 12.8. The van der Waals surface area contributed by atoms with Crippen LogP contribution in [0.15, 0.2) is 188 Å². The molecule has 0 N–H and O–H groups in total. The Hall–Kier alpha value is -7.17. The number of benzene rings is 8. The molecule has 0 radical (unpaired) electrons. The van der Waals surface area contributed by atoms with Crippen LogP contribution in [0.5, 0.6) is 0 Å². The minimum Gasteiger partial charge on any atom is -0.309 e. The van der Waals surface area contributed by atoms with Crippen LogP contribution in [0.2, 0.25) is 0 Å². The molecule has 0 bridgehead atoms. The van der Waals surface area contributed by atoms with Gasteiger partial charge in [-0.25, -0.2) is 15.0 Å². The molecule has 0 saturated carbocycles. The van der Waals surface area contributed by atoms with Crippen LogP contribution < -0.4 is 0 Å². The van der Waals surface area contributed by atoms with Crippen molar-refractivity contribution in [1.82, 2.24) is 19.5 Å². The topological polar surface area (TPSA) is 43.6 Å². The van der Waals surface area contributed by atoms with Gasteiger partial charge < -0.3 is 4.57 Å². The van der Waals surface area contributed by atoms with E-state index in [1.807, 2.05) is 0 Å². The maximum atomic E-state index is 5.23. The summed E-state index contributed by atoms with van der Waals surface area (Å²) in [5.74, 6) is 2.28. The molecule has 4 nitrogen and oxygen atoms in total. The van der Waals surface area contributed by atoms with E-state index in [9.17, 15) is 0 Å². The Morgan fingerprint density at radius 3 is 1.75 bits per heavy atom. The van der Waals surface area contributed by atoms with Crippen LogP contribution in [0.25, 0.3) is 94.0 Å². The SMILES string of the molecule is C1=CCC(c2cccc3c2c2ccccc2n3-c2ccc(-c3nc(-c4ccc5ccccc5c4)nc(-c4ccc5ccccc5c4)n3)c3ccccc23)C=C1. The summed E-state index contributed by atoms with van der Waals surface area (Å²) in [7, 11) is 0. The van der Waals surface area contributed by atoms with Gasteiger partial charge >= 0.3 is 0 Å². The zero-order chi connectivity index (χ0) is 36.3. The molecule has 11 rings (SSSR count). The first kappa shape index (κ1) is 31.4. The van der Waals surface area contributed by atoms with Gasteiger partial charge in [0.25, 0.3) is 0 Å². The van der Waals surface area contributed by atoms with Gasteiger partial charge in [0.1, 0.15) is 0 Å². The Bertz CT molecular complexity index is 3110. The normalized spacial score (nSPS) is 14.1. The number of para-hydroxylation sites is 1. The van der Waals surface area contributed by atoms with Crippen LogP contribution >= 0.6 is 0 Å². The molecule has 0 spiro atoms. The molecule has 2 aromatic heterocycles. The van der Waals surface area contributed by atoms with Crippen molar-refractivity contribution in [3.05, 3.63) is 194 Å². The molecule has 0 aliphatic heterocycles. The Labute approximate surface area is 318 Å². The average Bonchev–Trinajstić information content (AvgIpc) is 3.60. The smallest absolute Gasteiger partial charge is 0.164 e. The van der Waals surface area contributed by atoms with E-state index in [0.717, 1.165) is 50.3 Å². The molecular formula is C51H34N4. The van der Waals surface area contributed by atoms with Gasteiger partial charge in [0.15, 0.2) is 17.5 Å². The molecule has 10 aromatic rings. The largest absolute Gasteiger partial charge is 0.309 e. The first-order chi connectivity index (χ1) is 27.3. The van der Waals surface area contributed by atoms with E-state index in [2.05, 4.69) is 193 Å². The molecule has 1 unspecified atom stereocenters. The third kappa shape index (κ3) is 5.25. The summed E-state index contributed by atoms with van der Waals surface area (Å²) in [6.07, 6.45) is 9.93. The lowest BCUT2D eigenvalue weighted by molar-refractivity contribution is 0.862. The van der Waals surface area contributed by atoms with E-state index in [1.54, 1.807) is 0 Å². The molecule has 1 atom stereocenters. The summed E-state index contributed by atoms with van der Waals surface area (Å²) in [6, 6.07) is 58.4. The molecule has 0 amide bonds. The zero-order valence-electron chi connectivity index (χ0n) is 30.0. The lowest BCUT2D eigenvalue weighted by Gasteiger charge is -2.17. The molecule has 1 aliphatic carbocycles. The van der Waals surface area contributed by atoms with E-state index in [4.69, 9.17) is 15.0 Å². The Kier molecular flexibility index (Phi) is 7.27. The van der Waals surface area contributed by atoms with Crippen molar-refractivity contribution in [2.75, 3.05) is 0 Å². The van der Waals surface area contributed by atoms with Crippen LogP contribution in [0.4, 0.5) is 0 Å². The van der Waals surface area contributed by atoms with Crippen molar-refractivity contribution in [2.24, 2.45) is 0 Å². The van der Waals surface area contributed by atoms with E-state index in [-0.39, 0.29) is 0 Å². The van der Waals surface area contributed by atoms with Crippen molar-refractivity contribution < 1.29 is 0 Å². The van der Waals surface area contributed by atoms with Gasteiger partial charge in [0, 0.05) is 38.8 Å². The predicted octanol–water partition coefficient (Wildman–Crippen LogP) is 13.0. The highest BCUT2D eigenvalue weighted by molar-refractivity contribution is 6.13. The number of nitrogens with zero attached hydrogens (tertiary/aromatic N) is 4. The fourth-order valence-corrected chi connectivity index (χ4v) is 8.51. The molecule has 0 saturated heterocycles. The quantitative estimate of drug-likeness (QED) is 0.179. The molecule has 258 valence electrons. The van der Waals surface area contributed by atoms with Crippen molar-refractivity contribution in [1.29, 1.82) is 0 Å². The number of allylic oxidation sites excluding steroid dienone is 4. The van der Waals surface area contributed by atoms with Gasteiger partial charge in [-0.2, -0.15) is 0 Å². The number of hydrogen-bond donors (Lipinski definition) is 0. The number of hydrogen-bond acceptors (Lipinski definition) is 3. The minimum absolute atomic E-state index is 0.338. The van der Waals surface area contributed by atoms with Crippen molar-refractivity contribution in [3.8, 4) is 39.9 Å². The Morgan fingerprint density at radius 2 is 1.05 bits per heavy atom. The minimum atomic E-state index is 0.338. The van der Waals surface area contributed by atoms with Crippen LogP contribution in [0, 0.1) is 0 Å². The predicted molar refractivity (Wildman–Crippen MR) is 229 cm³/mol. The molecule has 1 aliphatic rings. The van der Waals surface area contributed by atoms with Crippen LogP contribution in [0.1, 0.15) is 17.9 Å². The molecule has 55 heavy (non-hydrogen) atoms. The summed E-state index contributed by atoms with van der Waals surface area (Å²) in [5, 5.41) is 9.46. The number of fused-ring (bicyclic) bond motifs is 6. The Balaban J connectivity index is 1.14. The van der Waals surface area contributed by atoms with Crippen molar-refractivity contribution in [3.63, 3.8) is 0 Å². The molecule has 4 heteroatoms. The fraction of sp³-hybridized carbons (Fsp3) is 0.0392. The lowest BCUT2D eigenvalue weighted by Crippen LogP contribution is -2.02. The van der Waals surface area contributed by atoms with Gasteiger partial charge in [-0.05, 0) is 75.3 Å². The average molecular weight is 703 g/mol. The first-order valence-corrected chi connectivity index (χ1v) is 18.9. The molecular weight excluding hydrogens is 669 g/mol. The zero-order valence-corrected chi connectivity index (χ0v) is 30.0. The molecule has 8 aromatic carbocycles. The lowest BCUT2D eigenvalue weighted by atomic mass is 9.89. The van der Waals surface area contributed by atoms with Gasteiger partial charge in [0.05, 0.1) is 16.7 Å². The maximum absolute atomic E-state index is 5.23. The second-order valence-corrected chi connectivity index (χ2v) is 14.4. The summed E-state index contributed by atoms with van der Waals surface area (Å²) in [5.41, 5.74) is 7.75. The maximum Gasteiger partial charge on any atom is 0.164 e.